The number of hydrogen-bond acceptors (Lipinski definition) is 6. The van der Waals surface area contributed by atoms with Crippen molar-refractivity contribution in [3.05, 3.63) is 60.2 Å². The van der Waals surface area contributed by atoms with Crippen molar-refractivity contribution in [1.82, 2.24) is 4.31 Å². The van der Waals surface area contributed by atoms with Crippen molar-refractivity contribution in [2.75, 3.05) is 7.11 Å². The van der Waals surface area contributed by atoms with Gasteiger partial charge in [-0.05, 0) is 61.4 Å². The topological polar surface area (TPSA) is 93.1 Å². The van der Waals surface area contributed by atoms with Gasteiger partial charge in [-0.25, -0.2) is 13.2 Å². The zero-order chi connectivity index (χ0) is 22.4. The lowest BCUT2D eigenvalue weighted by molar-refractivity contribution is -0.163. The Morgan fingerprint density at radius 3 is 2.26 bits per heavy atom. The molecule has 2 aromatic carbocycles. The molecule has 31 heavy (non-hydrogen) atoms. The fourth-order valence-electron chi connectivity index (χ4n) is 3.80. The second-order valence-electron chi connectivity index (χ2n) is 7.89. The van der Waals surface area contributed by atoms with E-state index in [9.17, 15) is 18.3 Å². The molecule has 1 N–H and O–H groups in total. The van der Waals surface area contributed by atoms with Crippen LogP contribution in [0.2, 0.25) is 0 Å². The van der Waals surface area contributed by atoms with E-state index in [1.807, 2.05) is 18.2 Å². The van der Waals surface area contributed by atoms with E-state index in [0.717, 1.165) is 22.7 Å². The number of methoxy groups -OCH3 is 1. The van der Waals surface area contributed by atoms with Crippen molar-refractivity contribution in [1.29, 1.82) is 0 Å². The minimum atomic E-state index is -4.14. The smallest absolute Gasteiger partial charge is 0.351 e. The number of ether oxygens (including phenoxy) is 2. The van der Waals surface area contributed by atoms with E-state index in [2.05, 4.69) is 6.92 Å². The molecular formula is C23H29NO6S. The number of carbonyl (C=O) groups excluding carboxylic acids is 1. The SMILES string of the molecule is COc1ccc(S(=O)(=O)N([C@H]2CC[C@H](C)CC2)[C@H](O)C(=O)OCc2ccccc2)cc1. The molecule has 0 aromatic heterocycles. The van der Waals surface area contributed by atoms with Crippen molar-refractivity contribution in [3.8, 4) is 5.75 Å². The van der Waals surface area contributed by atoms with Crippen LogP contribution in [-0.2, 0) is 26.2 Å². The maximum Gasteiger partial charge on any atom is 0.351 e. The summed E-state index contributed by atoms with van der Waals surface area (Å²) in [6, 6.07) is 14.4. The van der Waals surface area contributed by atoms with Gasteiger partial charge in [0, 0.05) is 6.04 Å². The lowest BCUT2D eigenvalue weighted by atomic mass is 9.87. The fourth-order valence-corrected chi connectivity index (χ4v) is 5.48. The van der Waals surface area contributed by atoms with Crippen LogP contribution in [0.1, 0.15) is 38.2 Å². The normalized spacial score (nSPS) is 20.3. The average Bonchev–Trinajstić information content (AvgIpc) is 2.79. The lowest BCUT2D eigenvalue weighted by Crippen LogP contribution is -2.52. The third-order valence-corrected chi connectivity index (χ3v) is 7.58. The molecule has 1 saturated carbocycles. The summed E-state index contributed by atoms with van der Waals surface area (Å²) in [5.74, 6) is 0.00309. The summed E-state index contributed by atoms with van der Waals surface area (Å²) in [6.07, 6.45) is 0.865. The Labute approximate surface area is 183 Å². The summed E-state index contributed by atoms with van der Waals surface area (Å²) in [5.41, 5.74) is 0.749. The Kier molecular flexibility index (Phi) is 7.69. The molecule has 0 aliphatic heterocycles. The number of hydrogen-bond donors (Lipinski definition) is 1. The van der Waals surface area contributed by atoms with Gasteiger partial charge in [-0.15, -0.1) is 0 Å². The highest BCUT2D eigenvalue weighted by atomic mass is 32.2. The van der Waals surface area contributed by atoms with Gasteiger partial charge in [0.1, 0.15) is 12.4 Å². The van der Waals surface area contributed by atoms with Gasteiger partial charge in [-0.2, -0.15) is 4.31 Å². The van der Waals surface area contributed by atoms with E-state index < -0.39 is 28.3 Å². The minimum absolute atomic E-state index is 0.0122. The second-order valence-corrected chi connectivity index (χ2v) is 9.73. The number of benzene rings is 2. The highest BCUT2D eigenvalue weighted by molar-refractivity contribution is 7.89. The Bertz CT molecular complexity index is 953. The minimum Gasteiger partial charge on any atom is -0.497 e. The monoisotopic (exact) mass is 447 g/mol. The first kappa shape index (κ1) is 23.2. The van der Waals surface area contributed by atoms with Crippen molar-refractivity contribution in [2.45, 2.75) is 56.4 Å². The van der Waals surface area contributed by atoms with Crippen LogP contribution in [0.25, 0.3) is 0 Å². The molecule has 1 aliphatic rings. The van der Waals surface area contributed by atoms with Crippen LogP contribution >= 0.6 is 0 Å². The maximum atomic E-state index is 13.5. The number of sulfonamides is 1. The number of rotatable bonds is 8. The number of esters is 1. The van der Waals surface area contributed by atoms with Crippen LogP contribution in [0, 0.1) is 5.92 Å². The van der Waals surface area contributed by atoms with Crippen LogP contribution in [0.5, 0.6) is 5.75 Å². The standard InChI is InChI=1S/C23H29NO6S/c1-17-8-10-19(11-9-17)24(31(27,28)21-14-12-20(29-2)13-15-21)22(25)23(26)30-16-18-6-4-3-5-7-18/h3-7,12-15,17,19,22,25H,8-11,16H2,1-2H3/t17-,19-,22-/m1/s1. The number of aliphatic hydroxyl groups excluding tert-OH is 1. The largest absolute Gasteiger partial charge is 0.497 e. The van der Waals surface area contributed by atoms with Gasteiger partial charge in [0.05, 0.1) is 12.0 Å². The van der Waals surface area contributed by atoms with E-state index in [1.54, 1.807) is 12.1 Å². The van der Waals surface area contributed by atoms with Crippen LogP contribution in [-0.4, -0.2) is 43.2 Å². The highest BCUT2D eigenvalue weighted by Crippen LogP contribution is 2.32. The summed E-state index contributed by atoms with van der Waals surface area (Å²) >= 11 is 0. The Morgan fingerprint density at radius 2 is 1.68 bits per heavy atom. The number of carbonyl (C=O) groups is 1. The molecule has 0 heterocycles. The Balaban J connectivity index is 1.85. The Morgan fingerprint density at radius 1 is 1.06 bits per heavy atom. The molecule has 0 unspecified atom stereocenters. The third kappa shape index (κ3) is 5.64. The molecule has 1 fully saturated rings. The molecule has 0 bridgehead atoms. The molecule has 0 radical (unpaired) electrons. The molecule has 2 aromatic rings. The van der Waals surface area contributed by atoms with Gasteiger partial charge in [-0.3, -0.25) is 0 Å². The zero-order valence-corrected chi connectivity index (χ0v) is 18.6. The predicted molar refractivity (Wildman–Crippen MR) is 116 cm³/mol. The summed E-state index contributed by atoms with van der Waals surface area (Å²) < 4.78 is 38.2. The molecule has 168 valence electrons. The molecule has 8 heteroatoms. The zero-order valence-electron chi connectivity index (χ0n) is 17.8. The molecule has 0 saturated heterocycles. The van der Waals surface area contributed by atoms with E-state index in [4.69, 9.17) is 9.47 Å². The molecule has 7 nitrogen and oxygen atoms in total. The van der Waals surface area contributed by atoms with Crippen molar-refractivity contribution in [2.24, 2.45) is 5.92 Å². The summed E-state index contributed by atoms with van der Waals surface area (Å²) in [4.78, 5) is 12.6. The third-order valence-electron chi connectivity index (χ3n) is 5.66. The highest BCUT2D eigenvalue weighted by Gasteiger charge is 2.41. The average molecular weight is 448 g/mol. The summed E-state index contributed by atoms with van der Waals surface area (Å²) in [6.45, 7) is 2.07. The lowest BCUT2D eigenvalue weighted by Gasteiger charge is -2.36. The van der Waals surface area contributed by atoms with E-state index in [0.29, 0.717) is 24.5 Å². The van der Waals surface area contributed by atoms with Crippen molar-refractivity contribution >= 4 is 16.0 Å². The molecule has 1 aliphatic carbocycles. The van der Waals surface area contributed by atoms with Crippen LogP contribution in [0.4, 0.5) is 0 Å². The van der Waals surface area contributed by atoms with E-state index in [-0.39, 0.29) is 11.5 Å². The van der Waals surface area contributed by atoms with Crippen LogP contribution < -0.4 is 4.74 Å². The first-order valence-corrected chi connectivity index (χ1v) is 11.8. The first-order chi connectivity index (χ1) is 14.8. The fraction of sp³-hybridized carbons (Fsp3) is 0.435. The maximum absolute atomic E-state index is 13.5. The number of nitrogens with zero attached hydrogens (tertiary/aromatic N) is 1. The molecule has 0 amide bonds. The molecule has 1 atom stereocenters. The van der Waals surface area contributed by atoms with E-state index >= 15 is 0 Å². The van der Waals surface area contributed by atoms with Gasteiger partial charge in [0.25, 0.3) is 0 Å². The Hall–Kier alpha value is -2.42. The van der Waals surface area contributed by atoms with Crippen LogP contribution in [0.15, 0.2) is 59.5 Å². The molecular weight excluding hydrogens is 418 g/mol. The first-order valence-electron chi connectivity index (χ1n) is 10.4. The van der Waals surface area contributed by atoms with Gasteiger partial charge in [0.2, 0.25) is 16.3 Å². The van der Waals surface area contributed by atoms with Crippen molar-refractivity contribution in [3.63, 3.8) is 0 Å². The van der Waals surface area contributed by atoms with Crippen molar-refractivity contribution < 1.29 is 27.8 Å². The van der Waals surface area contributed by atoms with Gasteiger partial charge < -0.3 is 14.6 Å². The summed E-state index contributed by atoms with van der Waals surface area (Å²) in [7, 11) is -2.65. The summed E-state index contributed by atoms with van der Waals surface area (Å²) in [5, 5.41) is 10.8. The van der Waals surface area contributed by atoms with Gasteiger partial charge >= 0.3 is 5.97 Å². The second kappa shape index (κ2) is 10.3. The predicted octanol–water partition coefficient (Wildman–Crippen LogP) is 3.33. The quantitative estimate of drug-likeness (QED) is 0.493. The van der Waals surface area contributed by atoms with Crippen LogP contribution in [0.3, 0.4) is 0 Å². The van der Waals surface area contributed by atoms with Gasteiger partial charge in [-0.1, -0.05) is 37.3 Å². The van der Waals surface area contributed by atoms with Gasteiger partial charge in [0.15, 0.2) is 0 Å². The number of aliphatic hydroxyl groups is 1. The van der Waals surface area contributed by atoms with E-state index in [1.165, 1.54) is 31.4 Å². The molecule has 3 rings (SSSR count). The molecule has 0 spiro atoms.